The monoisotopic (exact) mass is 338 g/mol. The van der Waals surface area contributed by atoms with E-state index >= 15 is 0 Å². The first-order valence-electron chi connectivity index (χ1n) is 8.41. The molecule has 24 heavy (non-hydrogen) atoms. The van der Waals surface area contributed by atoms with Crippen molar-refractivity contribution in [1.29, 1.82) is 0 Å². The summed E-state index contributed by atoms with van der Waals surface area (Å²) in [6.45, 7) is 0.532. The van der Waals surface area contributed by atoms with Gasteiger partial charge in [-0.05, 0) is 25.0 Å². The fourth-order valence-corrected chi connectivity index (χ4v) is 2.41. The molecule has 0 unspecified atom stereocenters. The Morgan fingerprint density at radius 3 is 2.00 bits per heavy atom. The van der Waals surface area contributed by atoms with Crippen molar-refractivity contribution in [1.82, 2.24) is 0 Å². The van der Waals surface area contributed by atoms with Crippen molar-refractivity contribution in [2.45, 2.75) is 57.8 Å². The zero-order valence-corrected chi connectivity index (χ0v) is 13.9. The predicted octanol–water partition coefficient (Wildman–Crippen LogP) is 4.06. The molecular weight excluding hydrogens is 312 g/mol. The number of ether oxygens (including phenoxy) is 1. The van der Waals surface area contributed by atoms with Gasteiger partial charge in [0.05, 0.1) is 6.61 Å². The Bertz CT molecular complexity index is 526. The molecule has 0 aromatic heterocycles. The number of unbranched alkanes of at least 4 members (excludes halogenated alkanes) is 7. The zero-order valence-electron chi connectivity index (χ0n) is 13.9. The van der Waals surface area contributed by atoms with Crippen molar-refractivity contribution in [3.05, 3.63) is 23.8 Å². The van der Waals surface area contributed by atoms with Crippen LogP contribution in [-0.4, -0.2) is 33.9 Å². The molecule has 0 amide bonds. The number of aromatic carboxylic acids is 1. The van der Waals surface area contributed by atoms with Crippen molar-refractivity contribution in [3.8, 4) is 11.5 Å². The van der Waals surface area contributed by atoms with Gasteiger partial charge in [-0.3, -0.25) is 4.79 Å². The van der Waals surface area contributed by atoms with Gasteiger partial charge in [-0.1, -0.05) is 38.5 Å². The van der Waals surface area contributed by atoms with E-state index < -0.39 is 11.9 Å². The highest BCUT2D eigenvalue weighted by Gasteiger charge is 2.09. The number of carboxylic acids is 2. The lowest BCUT2D eigenvalue weighted by molar-refractivity contribution is -0.137. The molecule has 0 heterocycles. The highest BCUT2D eigenvalue weighted by molar-refractivity contribution is 5.90. The third-order valence-corrected chi connectivity index (χ3v) is 3.75. The molecule has 3 N–H and O–H groups in total. The maximum Gasteiger partial charge on any atom is 0.339 e. The van der Waals surface area contributed by atoms with Crippen LogP contribution in [0.15, 0.2) is 18.2 Å². The summed E-state index contributed by atoms with van der Waals surface area (Å²) in [5.41, 5.74) is -0.134. The van der Waals surface area contributed by atoms with Gasteiger partial charge in [-0.2, -0.15) is 0 Å². The van der Waals surface area contributed by atoms with Crippen LogP contribution in [0.25, 0.3) is 0 Å². The lowest BCUT2D eigenvalue weighted by Gasteiger charge is -2.07. The van der Waals surface area contributed by atoms with Gasteiger partial charge < -0.3 is 20.1 Å². The molecule has 0 aliphatic rings. The van der Waals surface area contributed by atoms with Crippen LogP contribution in [0.1, 0.15) is 68.1 Å². The minimum Gasteiger partial charge on any atom is -0.507 e. The van der Waals surface area contributed by atoms with Gasteiger partial charge in [0.2, 0.25) is 0 Å². The van der Waals surface area contributed by atoms with E-state index in [9.17, 15) is 14.7 Å². The Labute approximate surface area is 142 Å². The fourth-order valence-electron chi connectivity index (χ4n) is 2.41. The minimum absolute atomic E-state index is 0.134. The number of carboxylic acid groups (broad SMARTS) is 2. The van der Waals surface area contributed by atoms with Crippen LogP contribution in [-0.2, 0) is 4.79 Å². The van der Waals surface area contributed by atoms with Crippen LogP contribution < -0.4 is 4.74 Å². The Kier molecular flexibility index (Phi) is 9.34. The van der Waals surface area contributed by atoms with E-state index in [1.807, 2.05) is 0 Å². The summed E-state index contributed by atoms with van der Waals surface area (Å²) in [4.78, 5) is 21.1. The number of hydrogen-bond acceptors (Lipinski definition) is 4. The second-order valence-electron chi connectivity index (χ2n) is 5.80. The number of rotatable bonds is 13. The first-order valence-corrected chi connectivity index (χ1v) is 8.41. The summed E-state index contributed by atoms with van der Waals surface area (Å²) >= 11 is 0. The number of phenols is 1. The first kappa shape index (κ1) is 19.8. The van der Waals surface area contributed by atoms with Crippen molar-refractivity contribution in [3.63, 3.8) is 0 Å². The van der Waals surface area contributed by atoms with Gasteiger partial charge in [0.15, 0.2) is 0 Å². The largest absolute Gasteiger partial charge is 0.507 e. The lowest BCUT2D eigenvalue weighted by Crippen LogP contribution is -2.00. The highest BCUT2D eigenvalue weighted by Crippen LogP contribution is 2.23. The smallest absolute Gasteiger partial charge is 0.339 e. The van der Waals surface area contributed by atoms with Crippen molar-refractivity contribution >= 4 is 11.9 Å². The molecule has 6 heteroatoms. The molecule has 0 fully saturated rings. The molecule has 134 valence electrons. The van der Waals surface area contributed by atoms with Crippen molar-refractivity contribution in [2.24, 2.45) is 0 Å². The Balaban J connectivity index is 2.01. The normalized spacial score (nSPS) is 10.5. The molecule has 1 aromatic carbocycles. The quantitative estimate of drug-likeness (QED) is 0.468. The molecule has 1 rings (SSSR count). The second-order valence-corrected chi connectivity index (χ2v) is 5.80. The average molecular weight is 338 g/mol. The average Bonchev–Trinajstić information content (AvgIpc) is 2.52. The van der Waals surface area contributed by atoms with E-state index in [1.54, 1.807) is 6.07 Å². The summed E-state index contributed by atoms with van der Waals surface area (Å²) in [6, 6.07) is 4.19. The first-order chi connectivity index (χ1) is 11.5. The van der Waals surface area contributed by atoms with Gasteiger partial charge in [0.1, 0.15) is 17.1 Å². The highest BCUT2D eigenvalue weighted by atomic mass is 16.5. The Hall–Kier alpha value is -2.24. The van der Waals surface area contributed by atoms with E-state index in [0.717, 1.165) is 51.4 Å². The summed E-state index contributed by atoms with van der Waals surface area (Å²) in [6.07, 6.45) is 8.42. The van der Waals surface area contributed by atoms with E-state index in [0.29, 0.717) is 12.4 Å². The summed E-state index contributed by atoms with van der Waals surface area (Å²) < 4.78 is 5.50. The molecule has 0 aliphatic heterocycles. The van der Waals surface area contributed by atoms with E-state index in [-0.39, 0.29) is 17.7 Å². The van der Waals surface area contributed by atoms with Gasteiger partial charge in [0.25, 0.3) is 0 Å². The molecule has 0 bridgehead atoms. The molecule has 0 saturated carbocycles. The van der Waals surface area contributed by atoms with E-state index in [1.165, 1.54) is 12.1 Å². The number of hydrogen-bond donors (Lipinski definition) is 3. The molecule has 0 aliphatic carbocycles. The summed E-state index contributed by atoms with van der Waals surface area (Å²) in [5, 5.41) is 26.9. The zero-order chi connectivity index (χ0) is 17.8. The second kappa shape index (κ2) is 11.3. The molecule has 0 radical (unpaired) electrons. The number of aromatic hydroxyl groups is 1. The minimum atomic E-state index is -1.16. The van der Waals surface area contributed by atoms with Crippen molar-refractivity contribution in [2.75, 3.05) is 6.61 Å². The van der Waals surface area contributed by atoms with Gasteiger partial charge >= 0.3 is 11.9 Å². The molecule has 0 saturated heterocycles. The van der Waals surface area contributed by atoms with Gasteiger partial charge in [-0.25, -0.2) is 4.79 Å². The van der Waals surface area contributed by atoms with Crippen LogP contribution in [0.2, 0.25) is 0 Å². The molecular formula is C18H26O6. The SMILES string of the molecule is O=C(O)CCCCCCCCCCOc1ccc(C(=O)O)c(O)c1. The van der Waals surface area contributed by atoms with Crippen LogP contribution in [0.3, 0.4) is 0 Å². The fraction of sp³-hybridized carbons (Fsp3) is 0.556. The summed E-state index contributed by atoms with van der Waals surface area (Å²) in [5.74, 6) is -1.71. The maximum atomic E-state index is 10.8. The van der Waals surface area contributed by atoms with E-state index in [2.05, 4.69) is 0 Å². The third-order valence-electron chi connectivity index (χ3n) is 3.75. The van der Waals surface area contributed by atoms with Crippen LogP contribution >= 0.6 is 0 Å². The molecule has 0 spiro atoms. The third kappa shape index (κ3) is 8.41. The Morgan fingerprint density at radius 1 is 0.875 bits per heavy atom. The lowest BCUT2D eigenvalue weighted by atomic mass is 10.1. The van der Waals surface area contributed by atoms with Crippen LogP contribution in [0.5, 0.6) is 11.5 Å². The number of carbonyl (C=O) groups is 2. The molecule has 1 aromatic rings. The maximum absolute atomic E-state index is 10.8. The Morgan fingerprint density at radius 2 is 1.46 bits per heavy atom. The summed E-state index contributed by atoms with van der Waals surface area (Å²) in [7, 11) is 0. The topological polar surface area (TPSA) is 104 Å². The standard InChI is InChI=1S/C18H26O6/c19-16-13-14(10-11-15(16)18(22)23)24-12-8-6-4-2-1-3-5-7-9-17(20)21/h10-11,13,19H,1-9,12H2,(H,20,21)(H,22,23). The molecule has 6 nitrogen and oxygen atoms in total. The number of aliphatic carboxylic acids is 1. The molecule has 0 atom stereocenters. The van der Waals surface area contributed by atoms with Crippen molar-refractivity contribution < 1.29 is 29.6 Å². The number of benzene rings is 1. The van der Waals surface area contributed by atoms with E-state index in [4.69, 9.17) is 14.9 Å². The van der Waals surface area contributed by atoms with Crippen LogP contribution in [0, 0.1) is 0 Å². The van der Waals surface area contributed by atoms with Gasteiger partial charge in [0, 0.05) is 12.5 Å². The van der Waals surface area contributed by atoms with Crippen LogP contribution in [0.4, 0.5) is 0 Å². The predicted molar refractivity (Wildman–Crippen MR) is 89.7 cm³/mol. The van der Waals surface area contributed by atoms with Gasteiger partial charge in [-0.15, -0.1) is 0 Å².